The Kier molecular flexibility index (Phi) is 5.54. The zero-order valence-corrected chi connectivity index (χ0v) is 17.6. The van der Waals surface area contributed by atoms with Gasteiger partial charge in [-0.05, 0) is 37.6 Å². The summed E-state index contributed by atoms with van der Waals surface area (Å²) in [5.41, 5.74) is 4.03. The van der Waals surface area contributed by atoms with Crippen LogP contribution < -0.4 is 0 Å². The van der Waals surface area contributed by atoms with E-state index in [1.807, 2.05) is 73.4 Å². The van der Waals surface area contributed by atoms with Crippen molar-refractivity contribution in [3.05, 3.63) is 77.6 Å². The molecule has 29 heavy (non-hydrogen) atoms. The second kappa shape index (κ2) is 8.10. The molecule has 0 amide bonds. The average molecular weight is 411 g/mol. The molecule has 4 rings (SSSR count). The molecule has 1 aliphatic rings. The molecule has 1 fully saturated rings. The van der Waals surface area contributed by atoms with Crippen LogP contribution in [0.2, 0.25) is 0 Å². The minimum absolute atomic E-state index is 0.417. The van der Waals surface area contributed by atoms with Crippen molar-refractivity contribution in [2.45, 2.75) is 25.3 Å². The third kappa shape index (κ3) is 4.27. The smallest absolute Gasteiger partial charge is 0.243 e. The number of benzene rings is 2. The van der Waals surface area contributed by atoms with Crippen molar-refractivity contribution in [1.29, 1.82) is 0 Å². The quantitative estimate of drug-likeness (QED) is 0.649. The van der Waals surface area contributed by atoms with Crippen molar-refractivity contribution in [3.8, 4) is 5.69 Å². The number of piperazine rings is 1. The predicted molar refractivity (Wildman–Crippen MR) is 114 cm³/mol. The van der Waals surface area contributed by atoms with Crippen molar-refractivity contribution >= 4 is 10.0 Å². The van der Waals surface area contributed by atoms with Crippen LogP contribution >= 0.6 is 0 Å². The Bertz CT molecular complexity index is 1090. The zero-order valence-electron chi connectivity index (χ0n) is 16.8. The first kappa shape index (κ1) is 19.8. The van der Waals surface area contributed by atoms with Crippen molar-refractivity contribution in [2.75, 3.05) is 26.2 Å². The Hall–Kier alpha value is -2.48. The molecule has 7 heteroatoms. The largest absolute Gasteiger partial charge is 0.296 e. The third-order valence-corrected chi connectivity index (χ3v) is 7.40. The van der Waals surface area contributed by atoms with Crippen LogP contribution in [0.5, 0.6) is 0 Å². The maximum Gasteiger partial charge on any atom is 0.243 e. The summed E-state index contributed by atoms with van der Waals surface area (Å²) in [7, 11) is -3.45. The van der Waals surface area contributed by atoms with Gasteiger partial charge >= 0.3 is 0 Å². The van der Waals surface area contributed by atoms with Crippen LogP contribution in [-0.4, -0.2) is 53.6 Å². The van der Waals surface area contributed by atoms with E-state index in [9.17, 15) is 8.42 Å². The van der Waals surface area contributed by atoms with Gasteiger partial charge in [-0.1, -0.05) is 35.9 Å². The Morgan fingerprint density at radius 3 is 2.38 bits per heavy atom. The Balaban J connectivity index is 1.39. The zero-order chi connectivity index (χ0) is 20.4. The summed E-state index contributed by atoms with van der Waals surface area (Å²) in [6.45, 7) is 7.03. The minimum Gasteiger partial charge on any atom is -0.296 e. The first-order chi connectivity index (χ1) is 13.9. The van der Waals surface area contributed by atoms with Gasteiger partial charge < -0.3 is 0 Å². The van der Waals surface area contributed by atoms with Crippen molar-refractivity contribution in [2.24, 2.45) is 0 Å². The fourth-order valence-electron chi connectivity index (χ4n) is 3.78. The van der Waals surface area contributed by atoms with Crippen LogP contribution in [0.15, 0.2) is 65.8 Å². The highest BCUT2D eigenvalue weighted by molar-refractivity contribution is 7.89. The summed E-state index contributed by atoms with van der Waals surface area (Å²) in [5.74, 6) is 0. The van der Waals surface area contributed by atoms with E-state index in [1.165, 1.54) is 0 Å². The van der Waals surface area contributed by atoms with Crippen LogP contribution in [0.1, 0.15) is 16.7 Å². The Morgan fingerprint density at radius 1 is 0.966 bits per heavy atom. The first-order valence-electron chi connectivity index (χ1n) is 9.82. The third-order valence-electron chi connectivity index (χ3n) is 5.34. The molecule has 0 atom stereocenters. The number of rotatable bonds is 5. The summed E-state index contributed by atoms with van der Waals surface area (Å²) < 4.78 is 29.6. The second-order valence-corrected chi connectivity index (χ2v) is 9.48. The molecule has 3 aromatic rings. The number of aryl methyl sites for hydroxylation is 2. The molecule has 1 saturated heterocycles. The maximum absolute atomic E-state index is 13.0. The van der Waals surface area contributed by atoms with Gasteiger partial charge in [0.2, 0.25) is 10.0 Å². The molecular formula is C22H26N4O2S. The SMILES string of the molecule is Cc1ccc(S(=O)(=O)N2CCN(Cc3cnn(-c4ccccc4)c3)CC2)c(C)c1. The molecular weight excluding hydrogens is 384 g/mol. The van der Waals surface area contributed by atoms with E-state index >= 15 is 0 Å². The standard InChI is InChI=1S/C22H26N4O2S/c1-18-8-9-22(19(2)14-18)29(27,28)25-12-10-24(11-13-25)16-20-15-23-26(17-20)21-6-4-3-5-7-21/h3-9,14-15,17H,10-13,16H2,1-2H3. The molecule has 1 aromatic heterocycles. The molecule has 0 spiro atoms. The monoisotopic (exact) mass is 410 g/mol. The second-order valence-electron chi connectivity index (χ2n) is 7.58. The van der Waals surface area contributed by atoms with Crippen LogP contribution in [0, 0.1) is 13.8 Å². The number of nitrogens with zero attached hydrogens (tertiary/aromatic N) is 4. The summed E-state index contributed by atoms with van der Waals surface area (Å²) in [5, 5.41) is 4.45. The van der Waals surface area contributed by atoms with Crippen molar-refractivity contribution in [3.63, 3.8) is 0 Å². The lowest BCUT2D eigenvalue weighted by atomic mass is 10.2. The Morgan fingerprint density at radius 2 is 1.69 bits per heavy atom. The molecule has 0 unspecified atom stereocenters. The van der Waals surface area contributed by atoms with E-state index in [1.54, 1.807) is 10.4 Å². The summed E-state index contributed by atoms with van der Waals surface area (Å²) in [6, 6.07) is 15.5. The summed E-state index contributed by atoms with van der Waals surface area (Å²) >= 11 is 0. The van der Waals surface area contributed by atoms with Gasteiger partial charge in [-0.3, -0.25) is 4.90 Å². The van der Waals surface area contributed by atoms with Gasteiger partial charge in [0.15, 0.2) is 0 Å². The van der Waals surface area contributed by atoms with Gasteiger partial charge in [-0.25, -0.2) is 13.1 Å². The molecule has 0 radical (unpaired) electrons. The number of sulfonamides is 1. The van der Waals surface area contributed by atoms with E-state index in [2.05, 4.69) is 10.00 Å². The average Bonchev–Trinajstić information content (AvgIpc) is 3.17. The summed E-state index contributed by atoms with van der Waals surface area (Å²) in [6.07, 6.45) is 3.92. The van der Waals surface area contributed by atoms with E-state index in [0.29, 0.717) is 31.1 Å². The molecule has 0 saturated carbocycles. The van der Waals surface area contributed by atoms with E-state index in [4.69, 9.17) is 0 Å². The normalized spacial score (nSPS) is 16.2. The lowest BCUT2D eigenvalue weighted by Gasteiger charge is -2.34. The summed E-state index contributed by atoms with van der Waals surface area (Å²) in [4.78, 5) is 2.70. The topological polar surface area (TPSA) is 58.4 Å². The predicted octanol–water partition coefficient (Wildman–Crippen LogP) is 3.00. The highest BCUT2D eigenvalue weighted by Gasteiger charge is 2.29. The highest BCUT2D eigenvalue weighted by atomic mass is 32.2. The van der Waals surface area contributed by atoms with Gasteiger partial charge in [0.25, 0.3) is 0 Å². The lowest BCUT2D eigenvalue weighted by molar-refractivity contribution is 0.181. The molecule has 152 valence electrons. The van der Waals surface area contributed by atoms with Crippen LogP contribution in [0.25, 0.3) is 5.69 Å². The number of hydrogen-bond acceptors (Lipinski definition) is 4. The number of para-hydroxylation sites is 1. The molecule has 1 aliphatic heterocycles. The van der Waals surface area contributed by atoms with Crippen LogP contribution in [-0.2, 0) is 16.6 Å². The fourth-order valence-corrected chi connectivity index (χ4v) is 5.41. The van der Waals surface area contributed by atoms with Gasteiger partial charge in [0.05, 0.1) is 16.8 Å². The molecule has 0 N–H and O–H groups in total. The van der Waals surface area contributed by atoms with Gasteiger partial charge in [-0.15, -0.1) is 0 Å². The van der Waals surface area contributed by atoms with E-state index < -0.39 is 10.0 Å². The Labute approximate surface area is 172 Å². The maximum atomic E-state index is 13.0. The molecule has 0 aliphatic carbocycles. The molecule has 2 aromatic carbocycles. The molecule has 6 nitrogen and oxygen atoms in total. The van der Waals surface area contributed by atoms with E-state index in [0.717, 1.165) is 28.9 Å². The van der Waals surface area contributed by atoms with E-state index in [-0.39, 0.29) is 0 Å². The van der Waals surface area contributed by atoms with Crippen molar-refractivity contribution in [1.82, 2.24) is 19.0 Å². The fraction of sp³-hybridized carbons (Fsp3) is 0.318. The van der Waals surface area contributed by atoms with Gasteiger partial charge in [0, 0.05) is 44.5 Å². The first-order valence-corrected chi connectivity index (χ1v) is 11.3. The molecule has 0 bridgehead atoms. The highest BCUT2D eigenvalue weighted by Crippen LogP contribution is 2.22. The molecule has 2 heterocycles. The van der Waals surface area contributed by atoms with Crippen molar-refractivity contribution < 1.29 is 8.42 Å². The number of aromatic nitrogens is 2. The lowest BCUT2D eigenvalue weighted by Crippen LogP contribution is -2.48. The minimum atomic E-state index is -3.45. The van der Waals surface area contributed by atoms with Gasteiger partial charge in [0.1, 0.15) is 0 Å². The van der Waals surface area contributed by atoms with Crippen LogP contribution in [0.4, 0.5) is 0 Å². The number of hydrogen-bond donors (Lipinski definition) is 0. The van der Waals surface area contributed by atoms with Gasteiger partial charge in [-0.2, -0.15) is 9.40 Å². The van der Waals surface area contributed by atoms with Crippen LogP contribution in [0.3, 0.4) is 0 Å².